The zero-order chi connectivity index (χ0) is 35.6. The first-order chi connectivity index (χ1) is 26.8. The van der Waals surface area contributed by atoms with Crippen LogP contribution in [0.4, 0.5) is 17.1 Å². The number of anilines is 3. The van der Waals surface area contributed by atoms with Gasteiger partial charge >= 0.3 is 0 Å². The molecule has 3 heteroatoms. The largest absolute Gasteiger partial charge is 0.310 e. The summed E-state index contributed by atoms with van der Waals surface area (Å²) in [5.41, 5.74) is 8.22. The van der Waals surface area contributed by atoms with Crippen LogP contribution < -0.4 is 4.90 Å². The van der Waals surface area contributed by atoms with Crippen LogP contribution in [-0.2, 0) is 0 Å². The van der Waals surface area contributed by atoms with E-state index in [0.717, 1.165) is 17.1 Å². The van der Waals surface area contributed by atoms with Gasteiger partial charge < -0.3 is 4.90 Å². The summed E-state index contributed by atoms with van der Waals surface area (Å²) >= 11 is 1.80. The summed E-state index contributed by atoms with van der Waals surface area (Å²) in [7, 11) is 0. The second kappa shape index (κ2) is 12.4. The Hall–Kier alpha value is -6.81. The van der Waals surface area contributed by atoms with Gasteiger partial charge in [-0.1, -0.05) is 127 Å². The number of hydrogen-bond donors (Lipinski definition) is 0. The fourth-order valence-electron chi connectivity index (χ4n) is 8.37. The second-order valence-electron chi connectivity index (χ2n) is 14.0. The highest BCUT2D eigenvalue weighted by molar-refractivity contribution is 7.25. The molecule has 0 aliphatic rings. The van der Waals surface area contributed by atoms with Crippen molar-refractivity contribution >= 4 is 91.7 Å². The van der Waals surface area contributed by atoms with Crippen molar-refractivity contribution in [3.63, 3.8) is 0 Å². The Bertz CT molecular complexity index is 3050. The lowest BCUT2D eigenvalue weighted by molar-refractivity contribution is 1.29. The van der Waals surface area contributed by atoms with E-state index < -0.39 is 0 Å². The lowest BCUT2D eigenvalue weighted by Crippen LogP contribution is -2.09. The van der Waals surface area contributed by atoms with E-state index in [1.165, 1.54) is 85.5 Å². The third-order valence-electron chi connectivity index (χ3n) is 10.9. The van der Waals surface area contributed by atoms with E-state index in [2.05, 4.69) is 192 Å². The summed E-state index contributed by atoms with van der Waals surface area (Å²) in [6, 6.07) is 66.7. The van der Waals surface area contributed by atoms with Crippen LogP contribution >= 0.6 is 11.3 Å². The highest BCUT2D eigenvalue weighted by atomic mass is 32.1. The number of nitrogens with zero attached hydrogens (tertiary/aromatic N) is 2. The fourth-order valence-corrected chi connectivity index (χ4v) is 9.48. The van der Waals surface area contributed by atoms with Crippen molar-refractivity contribution in [2.45, 2.75) is 0 Å². The molecule has 0 aliphatic heterocycles. The van der Waals surface area contributed by atoms with E-state index in [1.807, 2.05) is 12.4 Å². The van der Waals surface area contributed by atoms with Crippen LogP contribution in [0.5, 0.6) is 0 Å². The molecule has 0 saturated carbocycles. The maximum atomic E-state index is 4.40. The van der Waals surface area contributed by atoms with Crippen LogP contribution in [0.2, 0.25) is 0 Å². The van der Waals surface area contributed by atoms with Crippen molar-refractivity contribution < 1.29 is 0 Å². The Morgan fingerprint density at radius 3 is 1.37 bits per heavy atom. The van der Waals surface area contributed by atoms with E-state index in [4.69, 9.17) is 0 Å². The summed E-state index contributed by atoms with van der Waals surface area (Å²) in [6.45, 7) is 0. The highest BCUT2D eigenvalue weighted by Crippen LogP contribution is 2.43. The van der Waals surface area contributed by atoms with Crippen molar-refractivity contribution in [3.8, 4) is 22.3 Å². The van der Waals surface area contributed by atoms with Crippen molar-refractivity contribution in [2.24, 2.45) is 0 Å². The molecule has 0 unspecified atom stereocenters. The van der Waals surface area contributed by atoms with Gasteiger partial charge in [0.25, 0.3) is 0 Å². The minimum Gasteiger partial charge on any atom is -0.310 e. The Morgan fingerprint density at radius 2 is 0.815 bits per heavy atom. The maximum absolute atomic E-state index is 4.40. The summed E-state index contributed by atoms with van der Waals surface area (Å²) < 4.78 is 2.45. The molecule has 0 N–H and O–H groups in total. The summed E-state index contributed by atoms with van der Waals surface area (Å²) in [4.78, 5) is 6.78. The summed E-state index contributed by atoms with van der Waals surface area (Å²) in [5.74, 6) is 0. The van der Waals surface area contributed by atoms with Crippen LogP contribution in [0.25, 0.3) is 85.5 Å². The maximum Gasteiger partial charge on any atom is 0.0538 e. The van der Waals surface area contributed by atoms with E-state index in [-0.39, 0.29) is 0 Å². The molecular formula is C51H32N2S. The molecule has 0 radical (unpaired) electrons. The predicted molar refractivity (Wildman–Crippen MR) is 233 cm³/mol. The fraction of sp³-hybridized carbons (Fsp3) is 0. The van der Waals surface area contributed by atoms with Gasteiger partial charge in [0.05, 0.1) is 4.70 Å². The SMILES string of the molecule is c1ccc2c(c1)cc(-c1ccc(N(c3ccc(-c4cc5ccccc5c5ccccc45)cc3)c3ccc4c(c3)sc3cnccc34)cc1)c1ccccc12. The molecule has 11 aromatic rings. The standard InChI is InChI=1S/C51H32N2S/c1-3-11-40-35(9-1)29-48(44-15-7-5-13-42(40)44)33-17-21-37(22-18-33)53(39-25-26-46-47-27-28-52-32-51(47)54-50(46)31-39)38-23-19-34(20-24-38)49-30-36-10-2-4-12-41(36)43-14-6-8-16-45(43)49/h1-32H. The number of pyridine rings is 1. The van der Waals surface area contributed by atoms with Crippen LogP contribution in [0.1, 0.15) is 0 Å². The molecule has 0 atom stereocenters. The molecule has 11 rings (SSSR count). The van der Waals surface area contributed by atoms with Crippen molar-refractivity contribution in [1.82, 2.24) is 4.98 Å². The lowest BCUT2D eigenvalue weighted by atomic mass is 9.93. The van der Waals surface area contributed by atoms with Gasteiger partial charge in [-0.15, -0.1) is 11.3 Å². The van der Waals surface area contributed by atoms with Gasteiger partial charge in [0, 0.05) is 44.9 Å². The average molecular weight is 705 g/mol. The smallest absolute Gasteiger partial charge is 0.0538 e. The Kier molecular flexibility index (Phi) is 7.07. The number of thiophene rings is 1. The van der Waals surface area contributed by atoms with E-state index >= 15 is 0 Å². The number of benzene rings is 9. The summed E-state index contributed by atoms with van der Waals surface area (Å²) in [6.07, 6.45) is 3.86. The van der Waals surface area contributed by atoms with Gasteiger partial charge in [0.15, 0.2) is 0 Å². The molecule has 252 valence electrons. The van der Waals surface area contributed by atoms with Crippen LogP contribution in [0.15, 0.2) is 194 Å². The van der Waals surface area contributed by atoms with E-state index in [0.29, 0.717) is 0 Å². The molecule has 54 heavy (non-hydrogen) atoms. The molecule has 0 amide bonds. The van der Waals surface area contributed by atoms with Crippen LogP contribution in [0.3, 0.4) is 0 Å². The third-order valence-corrected chi connectivity index (χ3v) is 12.0. The Morgan fingerprint density at radius 1 is 0.352 bits per heavy atom. The molecule has 0 spiro atoms. The van der Waals surface area contributed by atoms with Gasteiger partial charge in [-0.25, -0.2) is 0 Å². The zero-order valence-electron chi connectivity index (χ0n) is 29.3. The Balaban J connectivity index is 1.05. The predicted octanol–water partition coefficient (Wildman–Crippen LogP) is 14.9. The third kappa shape index (κ3) is 4.97. The minimum atomic E-state index is 1.11. The van der Waals surface area contributed by atoms with Crippen LogP contribution in [-0.4, -0.2) is 4.98 Å². The molecule has 0 bridgehead atoms. The molecule has 0 aliphatic carbocycles. The minimum absolute atomic E-state index is 1.11. The first kappa shape index (κ1) is 30.8. The van der Waals surface area contributed by atoms with Crippen LogP contribution in [0, 0.1) is 0 Å². The van der Waals surface area contributed by atoms with Gasteiger partial charge in [-0.3, -0.25) is 4.98 Å². The quantitative estimate of drug-likeness (QED) is 0.166. The van der Waals surface area contributed by atoms with Gasteiger partial charge in [0.2, 0.25) is 0 Å². The van der Waals surface area contributed by atoms with Gasteiger partial charge in [0.1, 0.15) is 0 Å². The monoisotopic (exact) mass is 704 g/mol. The normalized spacial score (nSPS) is 11.7. The second-order valence-corrected chi connectivity index (χ2v) is 15.0. The lowest BCUT2D eigenvalue weighted by Gasteiger charge is -2.26. The molecule has 2 heterocycles. The highest BCUT2D eigenvalue weighted by Gasteiger charge is 2.17. The van der Waals surface area contributed by atoms with E-state index in [1.54, 1.807) is 11.3 Å². The van der Waals surface area contributed by atoms with Crippen molar-refractivity contribution in [1.29, 1.82) is 0 Å². The molecule has 9 aromatic carbocycles. The Labute approximate surface area is 316 Å². The first-order valence-corrected chi connectivity index (χ1v) is 19.2. The number of hydrogen-bond acceptors (Lipinski definition) is 3. The van der Waals surface area contributed by atoms with E-state index in [9.17, 15) is 0 Å². The average Bonchev–Trinajstić information content (AvgIpc) is 3.62. The van der Waals surface area contributed by atoms with Gasteiger partial charge in [-0.05, 0) is 120 Å². The molecule has 0 saturated heterocycles. The molecule has 0 fully saturated rings. The molecular weight excluding hydrogens is 673 g/mol. The topological polar surface area (TPSA) is 16.1 Å². The number of aromatic nitrogens is 1. The number of rotatable bonds is 5. The first-order valence-electron chi connectivity index (χ1n) is 18.4. The molecule has 2 aromatic heterocycles. The zero-order valence-corrected chi connectivity index (χ0v) is 30.1. The number of fused-ring (bicyclic) bond motifs is 9. The summed E-state index contributed by atoms with van der Waals surface area (Å²) in [5, 5.41) is 12.7. The molecule has 2 nitrogen and oxygen atoms in total. The van der Waals surface area contributed by atoms with Gasteiger partial charge in [-0.2, -0.15) is 0 Å². The van der Waals surface area contributed by atoms with Crippen molar-refractivity contribution in [3.05, 3.63) is 194 Å². The van der Waals surface area contributed by atoms with Crippen molar-refractivity contribution in [2.75, 3.05) is 4.90 Å².